The minimum absolute atomic E-state index is 0. The average Bonchev–Trinajstić information content (AvgIpc) is 2.28. The van der Waals surface area contributed by atoms with Gasteiger partial charge in [0.05, 0.1) is 12.5 Å². The Morgan fingerprint density at radius 1 is 1.21 bits per heavy atom. The SMILES string of the molecule is CCCCCC(F)CCCC(=O)N(C)CC(=O)[O-].[Na+]. The van der Waals surface area contributed by atoms with Gasteiger partial charge in [0.25, 0.3) is 0 Å². The van der Waals surface area contributed by atoms with E-state index in [1.165, 1.54) is 7.05 Å². The molecule has 6 heteroatoms. The van der Waals surface area contributed by atoms with Crippen molar-refractivity contribution in [3.05, 3.63) is 0 Å². The Hall–Kier alpha value is -0.130. The summed E-state index contributed by atoms with van der Waals surface area (Å²) in [7, 11) is 1.41. The van der Waals surface area contributed by atoms with Gasteiger partial charge in [0.2, 0.25) is 5.91 Å². The smallest absolute Gasteiger partial charge is 0.548 e. The van der Waals surface area contributed by atoms with Crippen LogP contribution in [0.15, 0.2) is 0 Å². The van der Waals surface area contributed by atoms with Gasteiger partial charge in [-0.05, 0) is 19.3 Å². The van der Waals surface area contributed by atoms with Crippen LogP contribution in [0.1, 0.15) is 51.9 Å². The number of nitrogens with zero attached hydrogens (tertiary/aromatic N) is 1. The minimum atomic E-state index is -1.28. The molecule has 0 saturated carbocycles. The van der Waals surface area contributed by atoms with Crippen molar-refractivity contribution in [1.82, 2.24) is 4.90 Å². The fourth-order valence-electron chi connectivity index (χ4n) is 1.71. The molecule has 0 saturated heterocycles. The molecule has 0 bridgehead atoms. The number of unbranched alkanes of at least 4 members (excludes halogenated alkanes) is 2. The van der Waals surface area contributed by atoms with Crippen molar-refractivity contribution in [3.63, 3.8) is 0 Å². The van der Waals surface area contributed by atoms with Crippen LogP contribution in [0.25, 0.3) is 0 Å². The summed E-state index contributed by atoms with van der Waals surface area (Å²) in [6.45, 7) is 1.66. The zero-order chi connectivity index (χ0) is 14.0. The predicted molar refractivity (Wildman–Crippen MR) is 65.5 cm³/mol. The molecule has 0 aliphatic rings. The molecule has 1 atom stereocenters. The van der Waals surface area contributed by atoms with Gasteiger partial charge in [-0.3, -0.25) is 4.79 Å². The molecule has 1 amide bonds. The van der Waals surface area contributed by atoms with Gasteiger partial charge in [0.1, 0.15) is 6.17 Å². The number of amides is 1. The first-order chi connectivity index (χ1) is 8.47. The summed E-state index contributed by atoms with van der Waals surface area (Å²) in [6, 6.07) is 0. The van der Waals surface area contributed by atoms with Crippen LogP contribution in [0.5, 0.6) is 0 Å². The van der Waals surface area contributed by atoms with Gasteiger partial charge in [0.15, 0.2) is 0 Å². The molecule has 0 fully saturated rings. The molecule has 0 spiro atoms. The molecule has 0 aromatic rings. The van der Waals surface area contributed by atoms with Gasteiger partial charge in [-0.15, -0.1) is 0 Å². The number of hydrogen-bond donors (Lipinski definition) is 0. The molecular formula is C13H23FNNaO3. The van der Waals surface area contributed by atoms with Crippen LogP contribution in [0.4, 0.5) is 4.39 Å². The third-order valence-electron chi connectivity index (χ3n) is 2.82. The molecular weight excluding hydrogens is 260 g/mol. The number of likely N-dealkylation sites (N-methyl/N-ethyl adjacent to an activating group) is 1. The number of alkyl halides is 1. The van der Waals surface area contributed by atoms with E-state index in [0.29, 0.717) is 19.3 Å². The second kappa shape index (κ2) is 12.9. The number of carboxylic acids is 1. The van der Waals surface area contributed by atoms with E-state index in [0.717, 1.165) is 24.2 Å². The van der Waals surface area contributed by atoms with Gasteiger partial charge in [-0.25, -0.2) is 4.39 Å². The summed E-state index contributed by atoms with van der Waals surface area (Å²) in [6.07, 6.45) is 3.71. The van der Waals surface area contributed by atoms with Crippen LogP contribution in [-0.4, -0.2) is 36.5 Å². The number of hydrogen-bond acceptors (Lipinski definition) is 3. The Morgan fingerprint density at radius 2 is 1.79 bits per heavy atom. The largest absolute Gasteiger partial charge is 1.00 e. The van der Waals surface area contributed by atoms with Crippen molar-refractivity contribution in [2.45, 2.75) is 58.0 Å². The summed E-state index contributed by atoms with van der Waals surface area (Å²) in [5, 5.41) is 10.3. The van der Waals surface area contributed by atoms with Crippen LogP contribution < -0.4 is 34.7 Å². The fourth-order valence-corrected chi connectivity index (χ4v) is 1.71. The normalized spacial score (nSPS) is 11.5. The van der Waals surface area contributed by atoms with Gasteiger partial charge in [0, 0.05) is 13.5 Å². The third-order valence-corrected chi connectivity index (χ3v) is 2.82. The number of carbonyl (C=O) groups is 2. The van der Waals surface area contributed by atoms with Crippen LogP contribution in [0.3, 0.4) is 0 Å². The van der Waals surface area contributed by atoms with E-state index in [1.807, 2.05) is 0 Å². The minimum Gasteiger partial charge on any atom is -0.548 e. The first-order valence-corrected chi connectivity index (χ1v) is 6.55. The Balaban J connectivity index is 0. The van der Waals surface area contributed by atoms with E-state index in [2.05, 4.69) is 6.92 Å². The molecule has 4 nitrogen and oxygen atoms in total. The van der Waals surface area contributed by atoms with E-state index in [-0.39, 0.29) is 41.9 Å². The number of halogens is 1. The molecule has 0 aromatic heterocycles. The van der Waals surface area contributed by atoms with E-state index < -0.39 is 18.7 Å². The van der Waals surface area contributed by atoms with Gasteiger partial charge in [-0.1, -0.05) is 26.2 Å². The number of aliphatic carboxylic acids is 1. The van der Waals surface area contributed by atoms with Gasteiger partial charge in [-0.2, -0.15) is 0 Å². The summed E-state index contributed by atoms with van der Waals surface area (Å²) in [5.74, 6) is -1.56. The quantitative estimate of drug-likeness (QED) is 0.354. The van der Waals surface area contributed by atoms with Gasteiger partial charge < -0.3 is 14.8 Å². The van der Waals surface area contributed by atoms with Crippen molar-refractivity contribution < 1.29 is 48.6 Å². The molecule has 0 aliphatic carbocycles. The summed E-state index contributed by atoms with van der Waals surface area (Å²) in [4.78, 5) is 22.8. The molecule has 0 aliphatic heterocycles. The zero-order valence-corrected chi connectivity index (χ0v) is 14.3. The van der Waals surface area contributed by atoms with Crippen LogP contribution in [-0.2, 0) is 9.59 Å². The van der Waals surface area contributed by atoms with Crippen molar-refractivity contribution in [1.29, 1.82) is 0 Å². The van der Waals surface area contributed by atoms with Crippen molar-refractivity contribution in [2.24, 2.45) is 0 Å². The molecule has 1 unspecified atom stereocenters. The molecule has 0 radical (unpaired) electrons. The zero-order valence-electron chi connectivity index (χ0n) is 12.3. The van der Waals surface area contributed by atoms with Gasteiger partial charge >= 0.3 is 29.6 Å². The predicted octanol–water partition coefficient (Wildman–Crippen LogP) is -1.71. The number of carboxylic acid groups (broad SMARTS) is 1. The fraction of sp³-hybridized carbons (Fsp3) is 0.846. The third kappa shape index (κ3) is 12.6. The first kappa shape index (κ1) is 21.2. The number of rotatable bonds is 10. The summed E-state index contributed by atoms with van der Waals surface area (Å²) < 4.78 is 13.4. The van der Waals surface area contributed by atoms with Crippen molar-refractivity contribution >= 4 is 11.9 Å². The molecule has 0 aromatic carbocycles. The average molecular weight is 283 g/mol. The van der Waals surface area contributed by atoms with Crippen molar-refractivity contribution in [2.75, 3.05) is 13.6 Å². The molecule has 0 N–H and O–H groups in total. The monoisotopic (exact) mass is 283 g/mol. The second-order valence-corrected chi connectivity index (χ2v) is 4.61. The van der Waals surface area contributed by atoms with Crippen LogP contribution in [0.2, 0.25) is 0 Å². The molecule has 0 heterocycles. The Bertz CT molecular complexity index is 264. The van der Waals surface area contributed by atoms with Crippen molar-refractivity contribution in [3.8, 4) is 0 Å². The second-order valence-electron chi connectivity index (χ2n) is 4.61. The maximum atomic E-state index is 13.4. The summed E-state index contributed by atoms with van der Waals surface area (Å²) in [5.41, 5.74) is 0. The Kier molecular flexibility index (Phi) is 14.4. The first-order valence-electron chi connectivity index (χ1n) is 6.55. The maximum absolute atomic E-state index is 13.4. The Labute approximate surface area is 137 Å². The Morgan fingerprint density at radius 3 is 2.32 bits per heavy atom. The molecule has 0 rings (SSSR count). The number of carbonyl (C=O) groups excluding carboxylic acids is 2. The van der Waals surface area contributed by atoms with Crippen LogP contribution in [0, 0.1) is 0 Å². The summed E-state index contributed by atoms with van der Waals surface area (Å²) >= 11 is 0. The molecule has 106 valence electrons. The van der Waals surface area contributed by atoms with E-state index in [9.17, 15) is 19.1 Å². The van der Waals surface area contributed by atoms with E-state index in [1.54, 1.807) is 0 Å². The maximum Gasteiger partial charge on any atom is 1.00 e. The van der Waals surface area contributed by atoms with E-state index in [4.69, 9.17) is 0 Å². The van der Waals surface area contributed by atoms with E-state index >= 15 is 0 Å². The standard InChI is InChI=1S/C13H24FNO3.Na/c1-3-4-5-7-11(14)8-6-9-12(16)15(2)10-13(17)18;/h11H,3-10H2,1-2H3,(H,17,18);/q;+1/p-1. The topological polar surface area (TPSA) is 60.4 Å². The van der Waals surface area contributed by atoms with Crippen LogP contribution >= 0.6 is 0 Å². The molecule has 19 heavy (non-hydrogen) atoms.